The summed E-state index contributed by atoms with van der Waals surface area (Å²) in [6.07, 6.45) is 8.62. The van der Waals surface area contributed by atoms with E-state index in [-0.39, 0.29) is 0 Å². The quantitative estimate of drug-likeness (QED) is 0.743. The Bertz CT molecular complexity index is 508. The van der Waals surface area contributed by atoms with E-state index in [9.17, 15) is 5.11 Å². The molecule has 0 unspecified atom stereocenters. The van der Waals surface area contributed by atoms with Gasteiger partial charge in [0.2, 0.25) is 0 Å². The van der Waals surface area contributed by atoms with Gasteiger partial charge in [0.15, 0.2) is 0 Å². The van der Waals surface area contributed by atoms with Crippen LogP contribution in [0.4, 0.5) is 0 Å². The lowest BCUT2D eigenvalue weighted by molar-refractivity contribution is -0.125. The number of rotatable bonds is 0. The highest BCUT2D eigenvalue weighted by Gasteiger charge is 2.56. The van der Waals surface area contributed by atoms with Crippen LogP contribution in [0.1, 0.15) is 56.6 Å². The van der Waals surface area contributed by atoms with Crippen molar-refractivity contribution in [3.05, 3.63) is 35.4 Å². The third-order valence-electron chi connectivity index (χ3n) is 6.54. The first-order valence-corrected chi connectivity index (χ1v) is 7.94. The first-order valence-electron chi connectivity index (χ1n) is 7.94. The Hall–Kier alpha value is -0.820. The molecule has 4 atom stereocenters. The summed E-state index contributed by atoms with van der Waals surface area (Å²) in [7, 11) is 0. The van der Waals surface area contributed by atoms with Gasteiger partial charge in [-0.2, -0.15) is 0 Å². The second-order valence-corrected chi connectivity index (χ2v) is 7.38. The molecule has 2 saturated carbocycles. The molecule has 0 aromatic heterocycles. The molecule has 3 aliphatic rings. The van der Waals surface area contributed by atoms with Gasteiger partial charge in [0, 0.05) is 0 Å². The van der Waals surface area contributed by atoms with Crippen LogP contribution in [0.25, 0.3) is 0 Å². The maximum atomic E-state index is 11.4. The number of hydrogen-bond acceptors (Lipinski definition) is 1. The zero-order valence-electron chi connectivity index (χ0n) is 11.9. The zero-order valence-corrected chi connectivity index (χ0v) is 11.9. The van der Waals surface area contributed by atoms with Crippen LogP contribution in [0.5, 0.6) is 0 Å². The molecule has 2 fully saturated rings. The average molecular weight is 256 g/mol. The molecule has 0 radical (unpaired) electrons. The molecule has 0 aliphatic heterocycles. The summed E-state index contributed by atoms with van der Waals surface area (Å²) in [4.78, 5) is 0. The number of aryl methyl sites for hydroxylation is 1. The molecule has 3 aliphatic carbocycles. The molecule has 19 heavy (non-hydrogen) atoms. The van der Waals surface area contributed by atoms with Gasteiger partial charge in [-0.15, -0.1) is 0 Å². The van der Waals surface area contributed by atoms with Gasteiger partial charge >= 0.3 is 0 Å². The van der Waals surface area contributed by atoms with E-state index in [4.69, 9.17) is 0 Å². The van der Waals surface area contributed by atoms with Gasteiger partial charge in [-0.3, -0.25) is 0 Å². The molecule has 1 aromatic rings. The van der Waals surface area contributed by atoms with Crippen molar-refractivity contribution in [2.45, 2.75) is 57.5 Å². The summed E-state index contributed by atoms with van der Waals surface area (Å²) >= 11 is 0. The van der Waals surface area contributed by atoms with Crippen molar-refractivity contribution < 1.29 is 5.11 Å². The summed E-state index contributed by atoms with van der Waals surface area (Å²) in [5.74, 6) is 1.25. The Morgan fingerprint density at radius 2 is 1.89 bits per heavy atom. The summed E-state index contributed by atoms with van der Waals surface area (Å²) in [6.45, 7) is 2.48. The second kappa shape index (κ2) is 3.85. The largest absolute Gasteiger partial charge is 0.385 e. The van der Waals surface area contributed by atoms with Crippen LogP contribution >= 0.6 is 0 Å². The normalized spacial score (nSPS) is 44.3. The fraction of sp³-hybridized carbons (Fsp3) is 0.667. The van der Waals surface area contributed by atoms with Gasteiger partial charge in [0.25, 0.3) is 0 Å². The third-order valence-corrected chi connectivity index (χ3v) is 6.54. The number of fused-ring (bicyclic) bond motifs is 5. The van der Waals surface area contributed by atoms with E-state index in [1.165, 1.54) is 43.2 Å². The highest BCUT2D eigenvalue weighted by atomic mass is 16.3. The minimum atomic E-state index is -0.524. The summed E-state index contributed by atoms with van der Waals surface area (Å²) in [5, 5.41) is 11.4. The van der Waals surface area contributed by atoms with Crippen LogP contribution in [0, 0.1) is 17.3 Å². The molecule has 1 N–H and O–H groups in total. The van der Waals surface area contributed by atoms with Gasteiger partial charge in [-0.25, -0.2) is 0 Å². The van der Waals surface area contributed by atoms with E-state index in [1.54, 1.807) is 0 Å². The summed E-state index contributed by atoms with van der Waals surface area (Å²) in [6, 6.07) is 8.61. The Morgan fingerprint density at radius 3 is 2.79 bits per heavy atom. The standard InChI is InChI=1S/C18H24O/c1-17-10-4-7-15(17)16-9-8-13-5-2-3-6-14(13)18(16,19)12-11-17/h2-3,5-6,15-16,19H,4,7-12H2,1H3/t15-,16-,17-,18-/m0/s1. The van der Waals surface area contributed by atoms with Gasteiger partial charge in [0.05, 0.1) is 5.60 Å². The van der Waals surface area contributed by atoms with Gasteiger partial charge < -0.3 is 5.11 Å². The minimum absolute atomic E-state index is 0.503. The lowest BCUT2D eigenvalue weighted by Gasteiger charge is -2.54. The van der Waals surface area contributed by atoms with E-state index < -0.39 is 5.60 Å². The van der Waals surface area contributed by atoms with E-state index >= 15 is 0 Å². The first kappa shape index (κ1) is 12.0. The van der Waals surface area contributed by atoms with E-state index in [2.05, 4.69) is 31.2 Å². The lowest BCUT2D eigenvalue weighted by Crippen LogP contribution is -2.50. The molecular weight excluding hydrogens is 232 g/mol. The Kier molecular flexibility index (Phi) is 2.42. The lowest BCUT2D eigenvalue weighted by atomic mass is 9.54. The van der Waals surface area contributed by atoms with Crippen molar-refractivity contribution >= 4 is 0 Å². The Morgan fingerprint density at radius 1 is 1.05 bits per heavy atom. The molecule has 0 bridgehead atoms. The topological polar surface area (TPSA) is 20.2 Å². The van der Waals surface area contributed by atoms with Crippen LogP contribution in [-0.2, 0) is 12.0 Å². The highest BCUT2D eigenvalue weighted by Crippen LogP contribution is 2.62. The van der Waals surface area contributed by atoms with E-state index in [0.29, 0.717) is 11.3 Å². The Balaban J connectivity index is 1.80. The molecule has 0 saturated heterocycles. The summed E-state index contributed by atoms with van der Waals surface area (Å²) < 4.78 is 0. The average Bonchev–Trinajstić information content (AvgIpc) is 2.81. The highest BCUT2D eigenvalue weighted by molar-refractivity contribution is 5.37. The molecule has 1 aromatic carbocycles. The number of aliphatic hydroxyl groups is 1. The molecule has 4 rings (SSSR count). The maximum absolute atomic E-state index is 11.4. The number of benzene rings is 1. The zero-order chi connectivity index (χ0) is 13.1. The van der Waals surface area contributed by atoms with Crippen LogP contribution in [0.3, 0.4) is 0 Å². The SMILES string of the molecule is C[C@@]12CCC[C@H]1[C@@H]1CCc3ccccc3[C@@]1(O)CC2. The fourth-order valence-electron chi connectivity index (χ4n) is 5.50. The molecule has 0 heterocycles. The minimum Gasteiger partial charge on any atom is -0.385 e. The predicted molar refractivity (Wildman–Crippen MR) is 76.8 cm³/mol. The first-order chi connectivity index (χ1) is 9.13. The van der Waals surface area contributed by atoms with Crippen molar-refractivity contribution in [3.63, 3.8) is 0 Å². The molecule has 0 amide bonds. The van der Waals surface area contributed by atoms with Crippen molar-refractivity contribution in [1.82, 2.24) is 0 Å². The third kappa shape index (κ3) is 1.51. The molecule has 1 nitrogen and oxygen atoms in total. The fourth-order valence-corrected chi connectivity index (χ4v) is 5.50. The maximum Gasteiger partial charge on any atom is 0.0930 e. The van der Waals surface area contributed by atoms with Crippen molar-refractivity contribution in [3.8, 4) is 0 Å². The smallest absolute Gasteiger partial charge is 0.0930 e. The van der Waals surface area contributed by atoms with E-state index in [1.807, 2.05) is 0 Å². The van der Waals surface area contributed by atoms with Gasteiger partial charge in [-0.1, -0.05) is 37.6 Å². The molecule has 102 valence electrons. The van der Waals surface area contributed by atoms with Gasteiger partial charge in [0.1, 0.15) is 0 Å². The molecular formula is C18H24O. The molecule has 1 heteroatoms. The summed E-state index contributed by atoms with van der Waals surface area (Å²) in [5.41, 5.74) is 2.63. The monoisotopic (exact) mass is 256 g/mol. The van der Waals surface area contributed by atoms with Gasteiger partial charge in [-0.05, 0) is 66.9 Å². The number of hydrogen-bond donors (Lipinski definition) is 1. The second-order valence-electron chi connectivity index (χ2n) is 7.38. The van der Waals surface area contributed by atoms with Crippen molar-refractivity contribution in [2.24, 2.45) is 17.3 Å². The van der Waals surface area contributed by atoms with Crippen LogP contribution in [0.2, 0.25) is 0 Å². The molecule has 0 spiro atoms. The van der Waals surface area contributed by atoms with Crippen LogP contribution in [-0.4, -0.2) is 5.11 Å². The predicted octanol–water partition coefficient (Wildman–Crippen LogP) is 4.04. The van der Waals surface area contributed by atoms with Crippen LogP contribution < -0.4 is 0 Å². The van der Waals surface area contributed by atoms with Crippen LogP contribution in [0.15, 0.2) is 24.3 Å². The van der Waals surface area contributed by atoms with E-state index in [0.717, 1.165) is 18.8 Å². The Labute approximate surface area is 116 Å². The van der Waals surface area contributed by atoms with Crippen molar-refractivity contribution in [2.75, 3.05) is 0 Å². The van der Waals surface area contributed by atoms with Crippen molar-refractivity contribution in [1.29, 1.82) is 0 Å².